The molecule has 11 nitrogen and oxygen atoms in total. The van der Waals surface area contributed by atoms with E-state index in [1.807, 2.05) is 32.0 Å². The van der Waals surface area contributed by atoms with E-state index in [1.165, 1.54) is 0 Å². The first kappa shape index (κ1) is 34.6. The summed E-state index contributed by atoms with van der Waals surface area (Å²) >= 11 is 0. The van der Waals surface area contributed by atoms with Crippen molar-refractivity contribution in [1.82, 2.24) is 21.3 Å². The number of hydrogen-bond donors (Lipinski definition) is 4. The maximum absolute atomic E-state index is 13.8. The molecular formula is C35H48N4O7. The number of benzene rings is 2. The van der Waals surface area contributed by atoms with Gasteiger partial charge in [-0.05, 0) is 67.9 Å². The predicted octanol–water partition coefficient (Wildman–Crippen LogP) is 3.68. The molecule has 1 heterocycles. The summed E-state index contributed by atoms with van der Waals surface area (Å²) in [5.74, 6) is 0.255. The molecule has 0 aromatic heterocycles. The lowest BCUT2D eigenvalue weighted by molar-refractivity contribution is -0.136. The van der Waals surface area contributed by atoms with Gasteiger partial charge in [0.2, 0.25) is 17.7 Å². The lowest BCUT2D eigenvalue weighted by atomic mass is 9.80. The number of nitrogens with one attached hydrogen (secondary N) is 4. The van der Waals surface area contributed by atoms with Crippen LogP contribution in [-0.2, 0) is 20.8 Å². The van der Waals surface area contributed by atoms with E-state index in [9.17, 15) is 19.2 Å². The fraction of sp³-hybridized carbons (Fsp3) is 0.543. The van der Waals surface area contributed by atoms with Gasteiger partial charge < -0.3 is 35.5 Å². The third-order valence-corrected chi connectivity index (χ3v) is 8.86. The second kappa shape index (κ2) is 16.3. The standard InChI is InChI=1S/C35H48N4O7/c1-23(2)27-22-46-28-13-7-6-12-25(28)32(41)37-26(15-17-31(40)39-35(34(43)38-27)18-8-5-9-19-35)33(42)36-20-10-11-24-14-16-29(44-3)30(21-24)45-4/h6-7,12-14,16,21,23,26-27H,5,8-11,15,17-20,22H2,1-4H3,(H,36,42)(H,37,41)(H,38,43)(H,39,40)/t26-,27+/m0/s1. The Hall–Kier alpha value is -4.28. The van der Waals surface area contributed by atoms with Crippen LogP contribution in [0, 0.1) is 5.92 Å². The monoisotopic (exact) mass is 636 g/mol. The van der Waals surface area contributed by atoms with Gasteiger partial charge in [0.1, 0.15) is 23.9 Å². The van der Waals surface area contributed by atoms with Crippen LogP contribution < -0.4 is 35.5 Å². The number of carbonyl (C=O) groups is 4. The molecule has 0 unspecified atom stereocenters. The third-order valence-electron chi connectivity index (χ3n) is 8.86. The van der Waals surface area contributed by atoms with Crippen LogP contribution in [0.1, 0.15) is 81.1 Å². The van der Waals surface area contributed by atoms with Crippen LogP contribution in [0.25, 0.3) is 0 Å². The summed E-state index contributed by atoms with van der Waals surface area (Å²) < 4.78 is 16.8. The number of para-hydroxylation sites is 1. The summed E-state index contributed by atoms with van der Waals surface area (Å²) in [5.41, 5.74) is 0.277. The highest BCUT2D eigenvalue weighted by atomic mass is 16.5. The van der Waals surface area contributed by atoms with Crippen molar-refractivity contribution < 1.29 is 33.4 Å². The predicted molar refractivity (Wildman–Crippen MR) is 174 cm³/mol. The van der Waals surface area contributed by atoms with E-state index in [0.717, 1.165) is 24.8 Å². The summed E-state index contributed by atoms with van der Waals surface area (Å²) in [6, 6.07) is 11.2. The van der Waals surface area contributed by atoms with Crippen molar-refractivity contribution in [3.63, 3.8) is 0 Å². The van der Waals surface area contributed by atoms with Crippen molar-refractivity contribution >= 4 is 23.6 Å². The van der Waals surface area contributed by atoms with Crippen molar-refractivity contribution in [2.24, 2.45) is 5.92 Å². The average Bonchev–Trinajstić information content (AvgIpc) is 3.06. The smallest absolute Gasteiger partial charge is 0.255 e. The van der Waals surface area contributed by atoms with E-state index in [0.29, 0.717) is 49.5 Å². The largest absolute Gasteiger partial charge is 0.493 e. The van der Waals surface area contributed by atoms with Gasteiger partial charge in [-0.2, -0.15) is 0 Å². The van der Waals surface area contributed by atoms with Crippen LogP contribution in [0.3, 0.4) is 0 Å². The summed E-state index contributed by atoms with van der Waals surface area (Å²) in [5, 5.41) is 11.9. The summed E-state index contributed by atoms with van der Waals surface area (Å²) in [6.45, 7) is 4.49. The van der Waals surface area contributed by atoms with Crippen molar-refractivity contribution in [2.45, 2.75) is 89.3 Å². The van der Waals surface area contributed by atoms with Gasteiger partial charge in [0.25, 0.3) is 5.91 Å². The average molecular weight is 637 g/mol. The molecule has 1 aliphatic heterocycles. The van der Waals surface area contributed by atoms with E-state index in [-0.39, 0.29) is 54.7 Å². The van der Waals surface area contributed by atoms with Crippen LogP contribution in [0.2, 0.25) is 0 Å². The Morgan fingerprint density at radius 3 is 2.46 bits per heavy atom. The number of hydrogen-bond acceptors (Lipinski definition) is 7. The Labute approximate surface area is 271 Å². The molecule has 2 aromatic carbocycles. The molecule has 4 rings (SSSR count). The van der Waals surface area contributed by atoms with Gasteiger partial charge in [0.05, 0.1) is 25.8 Å². The number of amides is 4. The fourth-order valence-corrected chi connectivity index (χ4v) is 6.00. The Balaban J connectivity index is 1.51. The number of fused-ring (bicyclic) bond motifs is 1. The first-order chi connectivity index (χ1) is 22.2. The minimum absolute atomic E-state index is 0.0369. The third kappa shape index (κ3) is 8.92. The van der Waals surface area contributed by atoms with E-state index in [2.05, 4.69) is 21.3 Å². The Bertz CT molecular complexity index is 1370. The number of rotatable bonds is 8. The molecule has 2 aromatic rings. The van der Waals surface area contributed by atoms with Crippen molar-refractivity contribution in [2.75, 3.05) is 27.4 Å². The van der Waals surface area contributed by atoms with Gasteiger partial charge in [-0.25, -0.2) is 0 Å². The number of aryl methyl sites for hydroxylation is 1. The molecule has 1 spiro atoms. The molecule has 11 heteroatoms. The van der Waals surface area contributed by atoms with Gasteiger partial charge in [0.15, 0.2) is 11.5 Å². The summed E-state index contributed by atoms with van der Waals surface area (Å²) in [7, 11) is 3.17. The van der Waals surface area contributed by atoms with Crippen molar-refractivity contribution in [1.29, 1.82) is 0 Å². The Morgan fingerprint density at radius 2 is 1.74 bits per heavy atom. The molecule has 0 saturated heterocycles. The molecule has 2 atom stereocenters. The fourth-order valence-electron chi connectivity index (χ4n) is 6.00. The summed E-state index contributed by atoms with van der Waals surface area (Å²) in [6.07, 6.45) is 5.10. The Morgan fingerprint density at radius 1 is 1.00 bits per heavy atom. The molecule has 4 N–H and O–H groups in total. The zero-order chi connectivity index (χ0) is 33.1. The number of methoxy groups -OCH3 is 2. The molecule has 46 heavy (non-hydrogen) atoms. The zero-order valence-electron chi connectivity index (χ0n) is 27.4. The molecular weight excluding hydrogens is 588 g/mol. The highest BCUT2D eigenvalue weighted by molar-refractivity contribution is 6.00. The Kier molecular flexibility index (Phi) is 12.3. The van der Waals surface area contributed by atoms with Crippen molar-refractivity contribution in [3.05, 3.63) is 53.6 Å². The van der Waals surface area contributed by atoms with Crippen LogP contribution in [0.15, 0.2) is 42.5 Å². The van der Waals surface area contributed by atoms with E-state index in [4.69, 9.17) is 14.2 Å². The molecule has 2 aliphatic rings. The van der Waals surface area contributed by atoms with E-state index >= 15 is 0 Å². The number of carbonyl (C=O) groups excluding carboxylic acids is 4. The lowest BCUT2D eigenvalue weighted by Crippen LogP contribution is -2.62. The lowest BCUT2D eigenvalue weighted by Gasteiger charge is -2.38. The van der Waals surface area contributed by atoms with Gasteiger partial charge in [-0.3, -0.25) is 19.2 Å². The topological polar surface area (TPSA) is 144 Å². The first-order valence-corrected chi connectivity index (χ1v) is 16.3. The molecule has 0 radical (unpaired) electrons. The second-order valence-corrected chi connectivity index (χ2v) is 12.5. The van der Waals surface area contributed by atoms with Crippen LogP contribution in [-0.4, -0.2) is 68.6 Å². The molecule has 1 saturated carbocycles. The zero-order valence-corrected chi connectivity index (χ0v) is 27.4. The van der Waals surface area contributed by atoms with Crippen LogP contribution in [0.4, 0.5) is 0 Å². The maximum atomic E-state index is 13.8. The van der Waals surface area contributed by atoms with Crippen LogP contribution >= 0.6 is 0 Å². The van der Waals surface area contributed by atoms with Gasteiger partial charge in [0, 0.05) is 13.0 Å². The minimum Gasteiger partial charge on any atom is -0.493 e. The minimum atomic E-state index is -1.02. The SMILES string of the molecule is COc1ccc(CCCNC(=O)[C@@H]2CCC(=O)NC3(CCCCC3)C(=O)N[C@@H](C(C)C)COc3ccccc3C(=O)N2)cc1OC. The number of ether oxygens (including phenoxy) is 3. The van der Waals surface area contributed by atoms with Gasteiger partial charge in [-0.15, -0.1) is 0 Å². The first-order valence-electron chi connectivity index (χ1n) is 16.3. The molecule has 1 fully saturated rings. The molecule has 4 amide bonds. The quantitative estimate of drug-likeness (QED) is 0.324. The molecule has 250 valence electrons. The highest BCUT2D eigenvalue weighted by Gasteiger charge is 2.42. The van der Waals surface area contributed by atoms with E-state index < -0.39 is 17.5 Å². The highest BCUT2D eigenvalue weighted by Crippen LogP contribution is 2.30. The molecule has 0 bridgehead atoms. The maximum Gasteiger partial charge on any atom is 0.255 e. The van der Waals surface area contributed by atoms with Crippen molar-refractivity contribution in [3.8, 4) is 17.2 Å². The van der Waals surface area contributed by atoms with Crippen LogP contribution in [0.5, 0.6) is 17.2 Å². The van der Waals surface area contributed by atoms with Gasteiger partial charge in [-0.1, -0.05) is 51.3 Å². The molecule has 1 aliphatic carbocycles. The van der Waals surface area contributed by atoms with E-state index in [1.54, 1.807) is 38.5 Å². The normalized spacial score (nSPS) is 20.6. The summed E-state index contributed by atoms with van der Waals surface area (Å²) in [4.78, 5) is 54.0. The second-order valence-electron chi connectivity index (χ2n) is 12.5. The van der Waals surface area contributed by atoms with Gasteiger partial charge >= 0.3 is 0 Å².